The minimum absolute atomic E-state index is 0.0151. The molecule has 1 heterocycles. The Morgan fingerprint density at radius 3 is 2.39 bits per heavy atom. The number of carbonyl (C=O) groups excluding carboxylic acids is 1. The lowest BCUT2D eigenvalue weighted by Crippen LogP contribution is -2.41. The van der Waals surface area contributed by atoms with Crippen molar-refractivity contribution in [3.63, 3.8) is 0 Å². The fourth-order valence-corrected chi connectivity index (χ4v) is 2.67. The Balaban J connectivity index is 2.40. The monoisotopic (exact) mass is 340 g/mol. The van der Waals surface area contributed by atoms with Crippen LogP contribution in [0, 0.1) is 0 Å². The van der Waals surface area contributed by atoms with E-state index in [4.69, 9.17) is 25.6 Å². The molecule has 5 nitrogen and oxygen atoms in total. The minimum Gasteiger partial charge on any atom is -0.508 e. The van der Waals surface area contributed by atoms with Crippen LogP contribution in [0.3, 0.4) is 0 Å². The van der Waals surface area contributed by atoms with E-state index >= 15 is 0 Å². The van der Waals surface area contributed by atoms with E-state index in [0.29, 0.717) is 10.6 Å². The van der Waals surface area contributed by atoms with Gasteiger partial charge in [-0.3, -0.25) is 4.79 Å². The molecule has 1 saturated heterocycles. The molecule has 1 aromatic carbocycles. The molecule has 0 saturated carbocycles. The molecule has 0 aromatic heterocycles. The summed E-state index contributed by atoms with van der Waals surface area (Å²) in [6, 6.07) is 4.70. The summed E-state index contributed by atoms with van der Waals surface area (Å²) in [7, 11) is 0.630. The highest BCUT2D eigenvalue weighted by Crippen LogP contribution is 2.43. The van der Waals surface area contributed by atoms with E-state index in [-0.39, 0.29) is 12.2 Å². The van der Waals surface area contributed by atoms with Gasteiger partial charge < -0.3 is 19.2 Å². The van der Waals surface area contributed by atoms with Gasteiger partial charge in [0.2, 0.25) is 0 Å². The maximum Gasteiger partial charge on any atom is 0.466 e. The van der Waals surface area contributed by atoms with Crippen LogP contribution in [-0.2, 0) is 18.8 Å². The molecule has 1 aliphatic heterocycles. The second kappa shape index (κ2) is 6.34. The Morgan fingerprint density at radius 1 is 1.30 bits per heavy atom. The molecule has 0 aliphatic carbocycles. The quantitative estimate of drug-likeness (QED) is 0.673. The molecule has 7 heteroatoms. The number of hydrogen-bond acceptors (Lipinski definition) is 5. The number of phenols is 1. The SMILES string of the molecule is COC(=O)CC(B1OC(C)(C)C(C)(C)O1)c1cc(Cl)ccc1O. The zero-order chi connectivity index (χ0) is 17.4. The van der Waals surface area contributed by atoms with E-state index in [9.17, 15) is 9.90 Å². The van der Waals surface area contributed by atoms with Crippen LogP contribution in [0.4, 0.5) is 0 Å². The number of esters is 1. The van der Waals surface area contributed by atoms with Crippen LogP contribution in [0.25, 0.3) is 0 Å². The summed E-state index contributed by atoms with van der Waals surface area (Å²) in [5.41, 5.74) is -0.582. The van der Waals surface area contributed by atoms with Gasteiger partial charge in [-0.25, -0.2) is 0 Å². The van der Waals surface area contributed by atoms with E-state index in [1.54, 1.807) is 12.1 Å². The van der Waals surface area contributed by atoms with E-state index < -0.39 is 30.1 Å². The number of aromatic hydroxyl groups is 1. The average Bonchev–Trinajstić information content (AvgIpc) is 2.67. The Labute approximate surface area is 142 Å². The van der Waals surface area contributed by atoms with E-state index in [1.807, 2.05) is 27.7 Å². The molecular weight excluding hydrogens is 318 g/mol. The van der Waals surface area contributed by atoms with Crippen LogP contribution >= 0.6 is 11.6 Å². The van der Waals surface area contributed by atoms with Crippen molar-refractivity contribution >= 4 is 24.7 Å². The van der Waals surface area contributed by atoms with Crippen LogP contribution in [-0.4, -0.2) is 36.5 Å². The molecule has 1 aromatic rings. The molecule has 0 radical (unpaired) electrons. The maximum atomic E-state index is 11.8. The highest BCUT2D eigenvalue weighted by Gasteiger charge is 2.54. The minimum atomic E-state index is -0.691. The molecule has 2 rings (SSSR count). The summed E-state index contributed by atoms with van der Waals surface area (Å²) in [6.07, 6.45) is 0.0151. The van der Waals surface area contributed by atoms with Crippen molar-refractivity contribution in [3.8, 4) is 5.75 Å². The van der Waals surface area contributed by atoms with Crippen molar-refractivity contribution in [2.24, 2.45) is 0 Å². The normalized spacial score (nSPS) is 20.3. The van der Waals surface area contributed by atoms with Gasteiger partial charge in [-0.2, -0.15) is 0 Å². The molecule has 0 spiro atoms. The highest BCUT2D eigenvalue weighted by molar-refractivity contribution is 6.48. The number of benzene rings is 1. The first-order chi connectivity index (χ1) is 10.6. The lowest BCUT2D eigenvalue weighted by atomic mass is 9.66. The summed E-state index contributed by atoms with van der Waals surface area (Å²) in [4.78, 5) is 11.8. The van der Waals surface area contributed by atoms with Gasteiger partial charge in [-0.15, -0.1) is 0 Å². The van der Waals surface area contributed by atoms with Gasteiger partial charge >= 0.3 is 13.1 Å². The topological polar surface area (TPSA) is 65.0 Å². The maximum absolute atomic E-state index is 11.8. The van der Waals surface area contributed by atoms with Gasteiger partial charge in [0.25, 0.3) is 0 Å². The second-order valence-corrected chi connectivity index (χ2v) is 7.15. The number of ether oxygens (including phenoxy) is 1. The first kappa shape index (κ1) is 18.1. The molecule has 1 aliphatic rings. The zero-order valence-electron chi connectivity index (χ0n) is 14.1. The Morgan fingerprint density at radius 2 is 1.87 bits per heavy atom. The number of halogens is 1. The van der Waals surface area contributed by atoms with Crippen LogP contribution in [0.15, 0.2) is 18.2 Å². The summed E-state index contributed by atoms with van der Waals surface area (Å²) in [6.45, 7) is 7.72. The van der Waals surface area contributed by atoms with Crippen molar-refractivity contribution in [3.05, 3.63) is 28.8 Å². The first-order valence-corrected chi connectivity index (χ1v) is 7.86. The van der Waals surface area contributed by atoms with E-state index in [1.165, 1.54) is 13.2 Å². The Bertz CT molecular complexity index is 586. The summed E-state index contributed by atoms with van der Waals surface area (Å²) in [5.74, 6) is -0.899. The number of rotatable bonds is 4. The van der Waals surface area contributed by atoms with Crippen LogP contribution < -0.4 is 0 Å². The molecule has 1 fully saturated rings. The van der Waals surface area contributed by atoms with Gasteiger partial charge in [0.1, 0.15) is 5.75 Å². The third kappa shape index (κ3) is 3.65. The third-order valence-corrected chi connectivity index (χ3v) is 4.84. The fraction of sp³-hybridized carbons (Fsp3) is 0.562. The average molecular weight is 341 g/mol. The van der Waals surface area contributed by atoms with Crippen LogP contribution in [0.1, 0.15) is 45.5 Å². The molecular formula is C16H22BClO5. The molecule has 1 atom stereocenters. The standard InChI is InChI=1S/C16H22BClO5/c1-15(2)16(3,4)23-17(22-15)12(9-14(20)21-5)11-8-10(18)6-7-13(11)19/h6-8,12,19H,9H2,1-5H3. The smallest absolute Gasteiger partial charge is 0.466 e. The summed E-state index contributed by atoms with van der Waals surface area (Å²) in [5, 5.41) is 10.7. The zero-order valence-corrected chi connectivity index (χ0v) is 14.8. The van der Waals surface area contributed by atoms with Crippen LogP contribution in [0.5, 0.6) is 5.75 Å². The van der Waals surface area contributed by atoms with Gasteiger partial charge in [0, 0.05) is 10.8 Å². The molecule has 23 heavy (non-hydrogen) atoms. The van der Waals surface area contributed by atoms with E-state index in [0.717, 1.165) is 0 Å². The molecule has 0 amide bonds. The number of methoxy groups -OCH3 is 1. The predicted octanol–water partition coefficient (Wildman–Crippen LogP) is 3.32. The Hall–Kier alpha value is -1.24. The molecule has 0 bridgehead atoms. The first-order valence-electron chi connectivity index (χ1n) is 7.48. The number of hydrogen-bond donors (Lipinski definition) is 1. The second-order valence-electron chi connectivity index (χ2n) is 6.71. The van der Waals surface area contributed by atoms with Gasteiger partial charge in [0.15, 0.2) is 0 Å². The Kier molecular flexibility index (Phi) is 4.99. The largest absolute Gasteiger partial charge is 0.508 e. The lowest BCUT2D eigenvalue weighted by molar-refractivity contribution is -0.140. The molecule has 1 N–H and O–H groups in total. The van der Waals surface area contributed by atoms with Crippen LogP contribution in [0.2, 0.25) is 5.02 Å². The van der Waals surface area contributed by atoms with Gasteiger partial charge in [-0.1, -0.05) is 11.6 Å². The van der Waals surface area contributed by atoms with Gasteiger partial charge in [0.05, 0.1) is 24.7 Å². The fourth-order valence-electron chi connectivity index (χ4n) is 2.49. The van der Waals surface area contributed by atoms with E-state index in [2.05, 4.69) is 0 Å². The molecule has 126 valence electrons. The third-order valence-electron chi connectivity index (χ3n) is 4.60. The molecule has 1 unspecified atom stereocenters. The van der Waals surface area contributed by atoms with Crippen molar-refractivity contribution < 1.29 is 23.9 Å². The number of phenolic OH excluding ortho intramolecular Hbond substituents is 1. The highest BCUT2D eigenvalue weighted by atomic mass is 35.5. The van der Waals surface area contributed by atoms with Crippen molar-refractivity contribution in [2.45, 2.75) is 51.1 Å². The summed E-state index contributed by atoms with van der Waals surface area (Å²) >= 11 is 6.04. The summed E-state index contributed by atoms with van der Waals surface area (Å²) < 4.78 is 16.8. The van der Waals surface area contributed by atoms with Crippen molar-refractivity contribution in [2.75, 3.05) is 7.11 Å². The number of carbonyl (C=O) groups is 1. The van der Waals surface area contributed by atoms with Crippen molar-refractivity contribution in [1.82, 2.24) is 0 Å². The van der Waals surface area contributed by atoms with Gasteiger partial charge in [-0.05, 0) is 51.5 Å². The lowest BCUT2D eigenvalue weighted by Gasteiger charge is -2.32. The predicted molar refractivity (Wildman–Crippen MR) is 88.6 cm³/mol. The van der Waals surface area contributed by atoms with Crippen molar-refractivity contribution in [1.29, 1.82) is 0 Å².